The highest BCUT2D eigenvalue weighted by atomic mass is 32.1. The van der Waals surface area contributed by atoms with Gasteiger partial charge in [-0.1, -0.05) is 38.5 Å². The van der Waals surface area contributed by atoms with Crippen LogP contribution in [0.3, 0.4) is 0 Å². The van der Waals surface area contributed by atoms with Crippen molar-refractivity contribution >= 4 is 34.9 Å². The lowest BCUT2D eigenvalue weighted by atomic mass is 10.1. The van der Waals surface area contributed by atoms with E-state index in [1.165, 1.54) is 22.7 Å². The van der Waals surface area contributed by atoms with Crippen molar-refractivity contribution in [1.29, 1.82) is 5.41 Å². The molecule has 0 aliphatic carbocycles. The highest BCUT2D eigenvalue weighted by Gasteiger charge is 2.52. The van der Waals surface area contributed by atoms with Gasteiger partial charge in [0, 0.05) is 28.7 Å². The van der Waals surface area contributed by atoms with E-state index in [9.17, 15) is 14.4 Å². The quantitative estimate of drug-likeness (QED) is 0.183. The third kappa shape index (κ3) is 9.04. The van der Waals surface area contributed by atoms with E-state index in [0.29, 0.717) is 31.8 Å². The van der Waals surface area contributed by atoms with E-state index in [2.05, 4.69) is 24.5 Å². The zero-order valence-corrected chi connectivity index (χ0v) is 23.9. The van der Waals surface area contributed by atoms with Crippen molar-refractivity contribution in [2.75, 3.05) is 32.9 Å². The summed E-state index contributed by atoms with van der Waals surface area (Å²) in [6.07, 6.45) is 2.17. The van der Waals surface area contributed by atoms with Gasteiger partial charge in [-0.25, -0.2) is 0 Å². The van der Waals surface area contributed by atoms with Gasteiger partial charge in [0.1, 0.15) is 17.6 Å². The number of hydrogen-bond donors (Lipinski definition) is 4. The van der Waals surface area contributed by atoms with Crippen molar-refractivity contribution in [2.45, 2.75) is 57.9 Å². The number of nitrogens with one attached hydrogen (secondary N) is 3. The minimum atomic E-state index is -1.01. The monoisotopic (exact) mass is 573 g/mol. The van der Waals surface area contributed by atoms with Gasteiger partial charge in [0.05, 0.1) is 39.5 Å². The molecule has 1 spiro atoms. The first-order chi connectivity index (χ1) is 19.3. The van der Waals surface area contributed by atoms with Gasteiger partial charge in [-0.05, 0) is 24.6 Å². The second-order valence-corrected chi connectivity index (χ2v) is 10.5. The van der Waals surface area contributed by atoms with Crippen LogP contribution in [0.2, 0.25) is 0 Å². The van der Waals surface area contributed by atoms with Crippen molar-refractivity contribution in [3.05, 3.63) is 52.2 Å². The lowest BCUT2D eigenvalue weighted by molar-refractivity contribution is -0.152. The first-order valence-electron chi connectivity index (χ1n) is 13.5. The second-order valence-electron chi connectivity index (χ2n) is 9.53. The normalized spacial score (nSPS) is 17.1. The van der Waals surface area contributed by atoms with Gasteiger partial charge < -0.3 is 35.5 Å². The second kappa shape index (κ2) is 15.3. The number of amidine groups is 1. The fraction of sp³-hybridized carbons (Fsp3) is 0.500. The molecule has 0 bridgehead atoms. The molecular formula is C28H39N5O6S. The number of thiophene rings is 1. The van der Waals surface area contributed by atoms with Gasteiger partial charge in [-0.2, -0.15) is 0 Å². The van der Waals surface area contributed by atoms with Gasteiger partial charge in [0.15, 0.2) is 5.79 Å². The summed E-state index contributed by atoms with van der Waals surface area (Å²) in [7, 11) is 0. The highest BCUT2D eigenvalue weighted by molar-refractivity contribution is 7.10. The number of rotatable bonds is 11. The Morgan fingerprint density at radius 3 is 2.52 bits per heavy atom. The number of para-hydroxylation sites is 1. The predicted molar refractivity (Wildman–Crippen MR) is 152 cm³/mol. The van der Waals surface area contributed by atoms with E-state index < -0.39 is 11.8 Å². The minimum absolute atomic E-state index is 0.0374. The number of benzene rings is 1. The molecule has 4 rings (SSSR count). The van der Waals surface area contributed by atoms with Crippen LogP contribution in [0.4, 0.5) is 0 Å². The zero-order chi connectivity index (χ0) is 29.0. The first-order valence-corrected chi connectivity index (χ1v) is 14.4. The van der Waals surface area contributed by atoms with E-state index >= 15 is 0 Å². The molecule has 1 aromatic carbocycles. The van der Waals surface area contributed by atoms with Crippen LogP contribution in [0, 0.1) is 5.41 Å². The molecule has 1 unspecified atom stereocenters. The van der Waals surface area contributed by atoms with Crippen LogP contribution in [0.1, 0.15) is 50.0 Å². The molecule has 0 radical (unpaired) electrons. The lowest BCUT2D eigenvalue weighted by Gasteiger charge is -2.24. The van der Waals surface area contributed by atoms with Crippen LogP contribution in [0.25, 0.3) is 0 Å². The van der Waals surface area contributed by atoms with Crippen LogP contribution in [0.15, 0.2) is 41.8 Å². The Balaban J connectivity index is 0.00000141. The number of likely N-dealkylation sites (tertiary alicyclic amines) is 1. The summed E-state index contributed by atoms with van der Waals surface area (Å²) in [6.45, 7) is 5.53. The van der Waals surface area contributed by atoms with Gasteiger partial charge >= 0.3 is 0 Å². The smallest absolute Gasteiger partial charge is 0.243 e. The number of amides is 3. The standard InChI is InChI=1S/C25H31N5O6S.C3H8/c26-23(27)17-11-19(37-15-17)13-29-24(33)20-12-25(35-9-10-36-25)16-30(20)22(32)14-28-21(31)7-4-8-34-18-5-2-1-3-6-18;1-3-2/h1-3,5-6,11,15,20H,4,7-10,12-14,16H2,(H3,26,27)(H,28,31)(H,29,33);3H2,1-2H3. The summed E-state index contributed by atoms with van der Waals surface area (Å²) in [5.74, 6) is -1.32. The van der Waals surface area contributed by atoms with E-state index in [0.717, 1.165) is 10.6 Å². The lowest BCUT2D eigenvalue weighted by Crippen LogP contribution is -2.49. The summed E-state index contributed by atoms with van der Waals surface area (Å²) in [5, 5.41) is 14.7. The van der Waals surface area contributed by atoms with Crippen molar-refractivity contribution < 1.29 is 28.6 Å². The molecule has 5 N–H and O–H groups in total. The molecule has 3 heterocycles. The summed E-state index contributed by atoms with van der Waals surface area (Å²) in [6, 6.07) is 10.3. The molecule has 0 saturated carbocycles. The Bertz CT molecular complexity index is 1140. The fourth-order valence-corrected chi connectivity index (χ4v) is 5.08. The zero-order valence-electron chi connectivity index (χ0n) is 23.1. The SMILES string of the molecule is CCC.N=C(N)c1csc(CNC(=O)C2CC3(CN2C(=O)CNC(=O)CCCOc2ccccc2)OCCO3)c1. The largest absolute Gasteiger partial charge is 0.494 e. The molecule has 2 saturated heterocycles. The molecule has 11 nitrogen and oxygen atoms in total. The molecule has 2 aromatic rings. The number of ether oxygens (including phenoxy) is 3. The molecule has 2 fully saturated rings. The third-order valence-electron chi connectivity index (χ3n) is 6.13. The number of carbonyl (C=O) groups excluding carboxylic acids is 3. The van der Waals surface area contributed by atoms with Crippen LogP contribution in [-0.4, -0.2) is 73.2 Å². The Morgan fingerprint density at radius 2 is 1.88 bits per heavy atom. The van der Waals surface area contributed by atoms with Crippen LogP contribution >= 0.6 is 11.3 Å². The van der Waals surface area contributed by atoms with Crippen LogP contribution in [-0.2, 0) is 30.4 Å². The summed E-state index contributed by atoms with van der Waals surface area (Å²) < 4.78 is 17.1. The first kappa shape index (κ1) is 31.1. The molecule has 2 aliphatic heterocycles. The van der Waals surface area contributed by atoms with Gasteiger partial charge in [0.2, 0.25) is 17.7 Å². The van der Waals surface area contributed by atoms with Crippen molar-refractivity contribution in [2.24, 2.45) is 5.73 Å². The molecule has 1 aromatic heterocycles. The molecular weight excluding hydrogens is 534 g/mol. The summed E-state index contributed by atoms with van der Waals surface area (Å²) >= 11 is 1.38. The number of carbonyl (C=O) groups is 3. The van der Waals surface area contributed by atoms with Gasteiger partial charge in [0.25, 0.3) is 0 Å². The molecule has 3 amide bonds. The molecule has 1 atom stereocenters. The molecule has 40 heavy (non-hydrogen) atoms. The van der Waals surface area contributed by atoms with Crippen molar-refractivity contribution in [1.82, 2.24) is 15.5 Å². The Morgan fingerprint density at radius 1 is 1.18 bits per heavy atom. The van der Waals surface area contributed by atoms with E-state index in [1.54, 1.807) is 11.4 Å². The predicted octanol–water partition coefficient (Wildman–Crippen LogP) is 2.38. The van der Waals surface area contributed by atoms with E-state index in [-0.39, 0.29) is 56.0 Å². The number of nitrogen functional groups attached to an aromatic ring is 1. The third-order valence-corrected chi connectivity index (χ3v) is 7.06. The number of hydrogen-bond acceptors (Lipinski definition) is 8. The highest BCUT2D eigenvalue weighted by Crippen LogP contribution is 2.35. The van der Waals surface area contributed by atoms with Crippen LogP contribution in [0.5, 0.6) is 5.75 Å². The number of nitrogens with zero attached hydrogens (tertiary/aromatic N) is 1. The maximum atomic E-state index is 13.1. The van der Waals surface area contributed by atoms with E-state index in [4.69, 9.17) is 25.4 Å². The Kier molecular flexibility index (Phi) is 11.9. The molecule has 218 valence electrons. The maximum Gasteiger partial charge on any atom is 0.243 e. The topological polar surface area (TPSA) is 156 Å². The van der Waals surface area contributed by atoms with Crippen molar-refractivity contribution in [3.63, 3.8) is 0 Å². The average Bonchev–Trinajstić information content (AvgIpc) is 3.70. The molecule has 12 heteroatoms. The van der Waals surface area contributed by atoms with Crippen LogP contribution < -0.4 is 21.1 Å². The minimum Gasteiger partial charge on any atom is -0.494 e. The summed E-state index contributed by atoms with van der Waals surface area (Å²) in [5.41, 5.74) is 6.10. The van der Waals surface area contributed by atoms with Gasteiger partial charge in [-0.3, -0.25) is 19.8 Å². The van der Waals surface area contributed by atoms with Crippen molar-refractivity contribution in [3.8, 4) is 5.75 Å². The Labute approximate surface area is 238 Å². The fourth-order valence-electron chi connectivity index (χ4n) is 4.25. The summed E-state index contributed by atoms with van der Waals surface area (Å²) in [4.78, 5) is 40.6. The average molecular weight is 574 g/mol. The maximum absolute atomic E-state index is 13.1. The van der Waals surface area contributed by atoms with E-state index in [1.807, 2.05) is 30.3 Å². The van der Waals surface area contributed by atoms with Gasteiger partial charge in [-0.15, -0.1) is 11.3 Å². The molecule has 2 aliphatic rings. The Hall–Kier alpha value is -3.48. The number of nitrogens with two attached hydrogens (primary N) is 1.